The molecule has 2 saturated heterocycles. The van der Waals surface area contributed by atoms with Gasteiger partial charge < -0.3 is 19.8 Å². The highest BCUT2D eigenvalue weighted by atomic mass is 15.2. The average Bonchev–Trinajstić information content (AvgIpc) is 3.69. The highest BCUT2D eigenvalue weighted by Crippen LogP contribution is 2.42. The molecule has 198 valence electrons. The van der Waals surface area contributed by atoms with Crippen LogP contribution in [-0.4, -0.2) is 79.4 Å². The van der Waals surface area contributed by atoms with Crippen molar-refractivity contribution in [3.8, 4) is 0 Å². The minimum Gasteiger partial charge on any atom is -0.348 e. The van der Waals surface area contributed by atoms with E-state index in [1.807, 2.05) is 24.8 Å². The summed E-state index contributed by atoms with van der Waals surface area (Å²) < 4.78 is 0. The molecule has 0 amide bonds. The molecule has 36 heavy (non-hydrogen) atoms. The van der Waals surface area contributed by atoms with Crippen molar-refractivity contribution in [1.29, 1.82) is 0 Å². The standard InChI is InChI=1S/C29H47N7/c1-2-4-25(5-3-1)35-18-11-29(12-19-35)10-17-34(23-29)20-24-6-8-26(9-7-24)36(21-27-30-13-14-31-27)22-28-32-15-16-33-28/h13-16,24-26H,1-12,17-23H2,(H,30,31)(H,32,33)/t24-,26+. The molecule has 0 aromatic carbocycles. The second-order valence-electron chi connectivity index (χ2n) is 12.5. The first-order valence-electron chi connectivity index (χ1n) is 14.9. The fraction of sp³-hybridized carbons (Fsp3) is 0.793. The number of aromatic amines is 2. The van der Waals surface area contributed by atoms with Crippen LogP contribution in [0.4, 0.5) is 0 Å². The number of piperidine rings is 1. The Morgan fingerprint density at radius 3 is 2.06 bits per heavy atom. The topological polar surface area (TPSA) is 67.1 Å². The van der Waals surface area contributed by atoms with Crippen LogP contribution in [-0.2, 0) is 13.1 Å². The highest BCUT2D eigenvalue weighted by Gasteiger charge is 2.42. The van der Waals surface area contributed by atoms with Gasteiger partial charge in [0.15, 0.2) is 0 Å². The minimum absolute atomic E-state index is 0.616. The van der Waals surface area contributed by atoms with Gasteiger partial charge in [-0.25, -0.2) is 9.97 Å². The molecule has 6 rings (SSSR count). The Kier molecular flexibility index (Phi) is 7.77. The summed E-state index contributed by atoms with van der Waals surface area (Å²) in [6.45, 7) is 8.51. The average molecular weight is 494 g/mol. The van der Waals surface area contributed by atoms with Crippen LogP contribution in [0.15, 0.2) is 24.8 Å². The van der Waals surface area contributed by atoms with Gasteiger partial charge in [-0.3, -0.25) is 4.90 Å². The monoisotopic (exact) mass is 493 g/mol. The van der Waals surface area contributed by atoms with E-state index in [9.17, 15) is 0 Å². The summed E-state index contributed by atoms with van der Waals surface area (Å²) in [7, 11) is 0. The SMILES string of the molecule is c1c[nH]c(CN(Cc2ncc[nH]2)[C@H]2CC[C@@H](CN3CCC4(CCN(C5CCCCC5)CC4)C3)CC2)n1. The molecular weight excluding hydrogens is 446 g/mol. The highest BCUT2D eigenvalue weighted by molar-refractivity contribution is 4.97. The van der Waals surface area contributed by atoms with Crippen LogP contribution in [0.5, 0.6) is 0 Å². The molecule has 2 aromatic heterocycles. The lowest BCUT2D eigenvalue weighted by atomic mass is 9.77. The third-order valence-electron chi connectivity index (χ3n) is 10.1. The lowest BCUT2D eigenvalue weighted by Crippen LogP contribution is -2.47. The first kappa shape index (κ1) is 24.6. The number of hydrogen-bond donors (Lipinski definition) is 2. The van der Waals surface area contributed by atoms with Crippen LogP contribution < -0.4 is 0 Å². The predicted molar refractivity (Wildman–Crippen MR) is 143 cm³/mol. The van der Waals surface area contributed by atoms with Gasteiger partial charge in [-0.1, -0.05) is 19.3 Å². The van der Waals surface area contributed by atoms with Crippen LogP contribution >= 0.6 is 0 Å². The number of likely N-dealkylation sites (tertiary alicyclic amines) is 2. The van der Waals surface area contributed by atoms with Crippen molar-refractivity contribution >= 4 is 0 Å². The number of hydrogen-bond acceptors (Lipinski definition) is 5. The first-order valence-corrected chi connectivity index (χ1v) is 14.9. The van der Waals surface area contributed by atoms with Crippen molar-refractivity contribution < 1.29 is 0 Å². The van der Waals surface area contributed by atoms with Crippen LogP contribution in [0.2, 0.25) is 0 Å². The van der Waals surface area contributed by atoms with E-state index < -0.39 is 0 Å². The van der Waals surface area contributed by atoms with Gasteiger partial charge in [0.1, 0.15) is 11.6 Å². The maximum Gasteiger partial charge on any atom is 0.120 e. The largest absolute Gasteiger partial charge is 0.348 e. The molecule has 4 aliphatic rings. The quantitative estimate of drug-likeness (QED) is 0.552. The molecule has 2 saturated carbocycles. The Bertz CT molecular complexity index is 852. The van der Waals surface area contributed by atoms with E-state index in [1.54, 1.807) is 0 Å². The first-order chi connectivity index (χ1) is 17.7. The van der Waals surface area contributed by atoms with Crippen LogP contribution in [0.1, 0.15) is 88.7 Å². The van der Waals surface area contributed by atoms with Gasteiger partial charge in [-0.05, 0) is 88.8 Å². The molecule has 2 aromatic rings. The molecule has 2 N–H and O–H groups in total. The van der Waals surface area contributed by atoms with Crippen molar-refractivity contribution in [3.63, 3.8) is 0 Å². The molecule has 0 bridgehead atoms. The van der Waals surface area contributed by atoms with E-state index in [4.69, 9.17) is 0 Å². The molecule has 2 aliphatic carbocycles. The smallest absolute Gasteiger partial charge is 0.120 e. The Hall–Kier alpha value is -1.70. The summed E-state index contributed by atoms with van der Waals surface area (Å²) in [5.41, 5.74) is 0.630. The zero-order chi connectivity index (χ0) is 24.2. The molecule has 7 heteroatoms. The van der Waals surface area contributed by atoms with Gasteiger partial charge in [-0.15, -0.1) is 0 Å². The van der Waals surface area contributed by atoms with E-state index >= 15 is 0 Å². The van der Waals surface area contributed by atoms with Gasteiger partial charge in [0, 0.05) is 50.0 Å². The molecular formula is C29H47N7. The Morgan fingerprint density at radius 2 is 1.44 bits per heavy atom. The number of aromatic nitrogens is 4. The van der Waals surface area contributed by atoms with Crippen molar-refractivity contribution in [2.45, 2.75) is 102 Å². The van der Waals surface area contributed by atoms with E-state index in [2.05, 4.69) is 34.6 Å². The van der Waals surface area contributed by atoms with Crippen LogP contribution in [0.25, 0.3) is 0 Å². The van der Waals surface area contributed by atoms with Gasteiger partial charge in [0.2, 0.25) is 0 Å². The molecule has 4 fully saturated rings. The third kappa shape index (κ3) is 5.89. The zero-order valence-corrected chi connectivity index (χ0v) is 22.2. The lowest BCUT2D eigenvalue weighted by molar-refractivity contribution is 0.0588. The maximum atomic E-state index is 4.50. The normalized spacial score (nSPS) is 28.4. The zero-order valence-electron chi connectivity index (χ0n) is 22.2. The van der Waals surface area contributed by atoms with Crippen molar-refractivity contribution in [1.82, 2.24) is 34.6 Å². The van der Waals surface area contributed by atoms with E-state index in [1.165, 1.54) is 110 Å². The van der Waals surface area contributed by atoms with Gasteiger partial charge in [-0.2, -0.15) is 0 Å². The number of H-pyrrole nitrogens is 2. The predicted octanol–water partition coefficient (Wildman–Crippen LogP) is 4.81. The second-order valence-corrected chi connectivity index (χ2v) is 12.5. The number of nitrogens with one attached hydrogen (secondary N) is 2. The Morgan fingerprint density at radius 1 is 0.806 bits per heavy atom. The molecule has 4 heterocycles. The van der Waals surface area contributed by atoms with E-state index in [0.29, 0.717) is 11.5 Å². The molecule has 0 radical (unpaired) electrons. The molecule has 2 aliphatic heterocycles. The number of imidazole rings is 2. The molecule has 7 nitrogen and oxygen atoms in total. The molecule has 0 unspecified atom stereocenters. The fourth-order valence-corrected chi connectivity index (χ4v) is 7.93. The summed E-state index contributed by atoms with van der Waals surface area (Å²) in [4.78, 5) is 23.9. The van der Waals surface area contributed by atoms with Crippen molar-refractivity contribution in [2.24, 2.45) is 11.3 Å². The van der Waals surface area contributed by atoms with Gasteiger partial charge in [0.05, 0.1) is 13.1 Å². The minimum atomic E-state index is 0.616. The summed E-state index contributed by atoms with van der Waals surface area (Å²) in [5.74, 6) is 2.98. The third-order valence-corrected chi connectivity index (χ3v) is 10.1. The van der Waals surface area contributed by atoms with E-state index in [0.717, 1.165) is 36.7 Å². The Labute approximate surface area is 217 Å². The fourth-order valence-electron chi connectivity index (χ4n) is 7.93. The summed E-state index contributed by atoms with van der Waals surface area (Å²) in [6, 6.07) is 1.52. The molecule has 0 atom stereocenters. The maximum absolute atomic E-state index is 4.50. The van der Waals surface area contributed by atoms with Crippen LogP contribution in [0.3, 0.4) is 0 Å². The Balaban J connectivity index is 0.968. The molecule has 1 spiro atoms. The van der Waals surface area contributed by atoms with Crippen LogP contribution in [0, 0.1) is 11.3 Å². The van der Waals surface area contributed by atoms with Gasteiger partial charge >= 0.3 is 0 Å². The summed E-state index contributed by atoms with van der Waals surface area (Å²) in [5, 5.41) is 0. The second kappa shape index (κ2) is 11.4. The summed E-state index contributed by atoms with van der Waals surface area (Å²) >= 11 is 0. The van der Waals surface area contributed by atoms with Crippen molar-refractivity contribution in [3.05, 3.63) is 36.4 Å². The van der Waals surface area contributed by atoms with E-state index in [-0.39, 0.29) is 0 Å². The van der Waals surface area contributed by atoms with Crippen molar-refractivity contribution in [2.75, 3.05) is 32.7 Å². The number of rotatable bonds is 8. The summed E-state index contributed by atoms with van der Waals surface area (Å²) in [6.07, 6.45) is 24.5. The lowest BCUT2D eigenvalue weighted by Gasteiger charge is -2.44. The van der Waals surface area contributed by atoms with Gasteiger partial charge in [0.25, 0.3) is 0 Å². The number of nitrogens with zero attached hydrogens (tertiary/aromatic N) is 5.